The van der Waals surface area contributed by atoms with Gasteiger partial charge >= 0.3 is 5.97 Å². The quantitative estimate of drug-likeness (QED) is 0.612. The minimum Gasteiger partial charge on any atom is -0.493 e. The largest absolute Gasteiger partial charge is 0.493 e. The first kappa shape index (κ1) is 20.3. The van der Waals surface area contributed by atoms with Crippen molar-refractivity contribution in [2.45, 2.75) is 26.3 Å². The summed E-state index contributed by atoms with van der Waals surface area (Å²) >= 11 is 0. The van der Waals surface area contributed by atoms with Crippen molar-refractivity contribution in [1.29, 1.82) is 0 Å². The van der Waals surface area contributed by atoms with Crippen LogP contribution in [-0.2, 0) is 9.59 Å². The second kappa shape index (κ2) is 9.51. The molecule has 8 heteroatoms. The molecule has 8 nitrogen and oxygen atoms in total. The number of methoxy groups -OCH3 is 1. The van der Waals surface area contributed by atoms with E-state index in [1.54, 1.807) is 6.92 Å². The van der Waals surface area contributed by atoms with Crippen LogP contribution in [0.25, 0.3) is 0 Å². The van der Waals surface area contributed by atoms with Gasteiger partial charge in [-0.1, -0.05) is 20.3 Å². The molecule has 25 heavy (non-hydrogen) atoms. The number of amides is 2. The molecule has 0 saturated carbocycles. The minimum atomic E-state index is -1.08. The molecule has 3 N–H and O–H groups in total. The Balaban J connectivity index is 2.92. The van der Waals surface area contributed by atoms with Crippen LogP contribution in [0.1, 0.15) is 30.6 Å². The lowest BCUT2D eigenvalue weighted by Crippen LogP contribution is -2.45. The van der Waals surface area contributed by atoms with Gasteiger partial charge < -0.3 is 25.2 Å². The van der Waals surface area contributed by atoms with Crippen LogP contribution in [-0.4, -0.2) is 49.7 Å². The molecule has 0 radical (unpaired) electrons. The molecule has 0 spiro atoms. The Morgan fingerprint density at radius 3 is 2.44 bits per heavy atom. The van der Waals surface area contributed by atoms with Gasteiger partial charge in [0.1, 0.15) is 6.04 Å². The van der Waals surface area contributed by atoms with Crippen molar-refractivity contribution in [2.24, 2.45) is 5.92 Å². The summed E-state index contributed by atoms with van der Waals surface area (Å²) in [6, 6.07) is 3.43. The molecule has 1 aromatic carbocycles. The maximum absolute atomic E-state index is 12.3. The van der Waals surface area contributed by atoms with Crippen LogP contribution in [0.3, 0.4) is 0 Å². The van der Waals surface area contributed by atoms with Gasteiger partial charge in [0.05, 0.1) is 7.11 Å². The van der Waals surface area contributed by atoms with Gasteiger partial charge in [0.2, 0.25) is 0 Å². The average Bonchev–Trinajstić information content (AvgIpc) is 2.62. The fourth-order valence-corrected chi connectivity index (χ4v) is 2.05. The van der Waals surface area contributed by atoms with Gasteiger partial charge in [-0.05, 0) is 24.1 Å². The van der Waals surface area contributed by atoms with Gasteiger partial charge in [0.15, 0.2) is 18.1 Å². The number of likely N-dealkylation sites (N-methyl/N-ethyl adjacent to an activating group) is 1. The molecule has 0 fully saturated rings. The molecule has 0 heterocycles. The standard InChI is InChI=1S/C17H24N2O6/c1-5-10(2)15(17(22)23)19-16(21)11-6-7-12(13(8-11)24-4)25-9-14(20)18-3/h6-8,10,15H,5,9H2,1-4H3,(H,18,20)(H,19,21)(H,22,23)/t10-,15-/m0/s1. The molecule has 1 aromatic rings. The second-order valence-corrected chi connectivity index (χ2v) is 5.50. The smallest absolute Gasteiger partial charge is 0.326 e. The van der Waals surface area contributed by atoms with E-state index in [2.05, 4.69) is 10.6 Å². The molecule has 0 bridgehead atoms. The number of carboxylic acid groups (broad SMARTS) is 1. The molecule has 2 atom stereocenters. The molecular weight excluding hydrogens is 328 g/mol. The summed E-state index contributed by atoms with van der Waals surface area (Å²) in [4.78, 5) is 34.9. The van der Waals surface area contributed by atoms with Crippen LogP contribution < -0.4 is 20.1 Å². The molecule has 2 amide bonds. The normalized spacial score (nSPS) is 12.6. The molecule has 0 aliphatic carbocycles. The lowest BCUT2D eigenvalue weighted by molar-refractivity contribution is -0.140. The topological polar surface area (TPSA) is 114 Å². The number of carboxylic acids is 1. The maximum Gasteiger partial charge on any atom is 0.326 e. The number of ether oxygens (including phenoxy) is 2. The minimum absolute atomic E-state index is 0.187. The molecule has 0 unspecified atom stereocenters. The first-order valence-electron chi connectivity index (χ1n) is 7.89. The summed E-state index contributed by atoms with van der Waals surface area (Å²) in [5, 5.41) is 14.2. The lowest BCUT2D eigenvalue weighted by atomic mass is 9.99. The Bertz CT molecular complexity index is 632. The van der Waals surface area contributed by atoms with E-state index in [4.69, 9.17) is 9.47 Å². The van der Waals surface area contributed by atoms with Gasteiger partial charge in [-0.2, -0.15) is 0 Å². The van der Waals surface area contributed by atoms with Crippen molar-refractivity contribution in [3.8, 4) is 11.5 Å². The fourth-order valence-electron chi connectivity index (χ4n) is 2.05. The second-order valence-electron chi connectivity index (χ2n) is 5.50. The molecule has 0 saturated heterocycles. The summed E-state index contributed by atoms with van der Waals surface area (Å²) in [5.74, 6) is -1.55. The van der Waals surface area contributed by atoms with Gasteiger partial charge in [-0.15, -0.1) is 0 Å². The predicted molar refractivity (Wildman–Crippen MR) is 90.9 cm³/mol. The number of hydrogen-bond acceptors (Lipinski definition) is 5. The number of hydrogen-bond donors (Lipinski definition) is 3. The van der Waals surface area contributed by atoms with Crippen molar-refractivity contribution < 1.29 is 29.0 Å². The fraction of sp³-hybridized carbons (Fsp3) is 0.471. The van der Waals surface area contributed by atoms with Crippen LogP contribution in [0.2, 0.25) is 0 Å². The van der Waals surface area contributed by atoms with Gasteiger partial charge in [-0.25, -0.2) is 4.79 Å². The summed E-state index contributed by atoms with van der Waals surface area (Å²) < 4.78 is 10.5. The van der Waals surface area contributed by atoms with Gasteiger partial charge in [-0.3, -0.25) is 9.59 Å². The summed E-state index contributed by atoms with van der Waals surface area (Å²) in [5.41, 5.74) is 0.235. The first-order chi connectivity index (χ1) is 11.8. The van der Waals surface area contributed by atoms with Crippen LogP contribution in [0.15, 0.2) is 18.2 Å². The highest BCUT2D eigenvalue weighted by Crippen LogP contribution is 2.28. The number of aliphatic carboxylic acids is 1. The molecule has 138 valence electrons. The molecule has 0 aromatic heterocycles. The highest BCUT2D eigenvalue weighted by molar-refractivity contribution is 5.97. The molecular formula is C17H24N2O6. The number of carbonyl (C=O) groups is 3. The van der Waals surface area contributed by atoms with Crippen molar-refractivity contribution in [3.05, 3.63) is 23.8 Å². The van der Waals surface area contributed by atoms with E-state index in [0.717, 1.165) is 0 Å². The van der Waals surface area contributed by atoms with Crippen LogP contribution in [0, 0.1) is 5.92 Å². The Hall–Kier alpha value is -2.77. The van der Waals surface area contributed by atoms with E-state index in [9.17, 15) is 19.5 Å². The SMILES string of the molecule is CC[C@H](C)[C@H](NC(=O)c1ccc(OCC(=O)NC)c(OC)c1)C(=O)O. The Labute approximate surface area is 146 Å². The van der Waals surface area contributed by atoms with E-state index >= 15 is 0 Å². The van der Waals surface area contributed by atoms with E-state index in [1.165, 1.54) is 32.4 Å². The Kier molecular flexibility index (Phi) is 7.71. The first-order valence-corrected chi connectivity index (χ1v) is 7.89. The monoisotopic (exact) mass is 352 g/mol. The number of carbonyl (C=O) groups excluding carboxylic acids is 2. The van der Waals surface area contributed by atoms with Crippen LogP contribution in [0.4, 0.5) is 0 Å². The zero-order valence-corrected chi connectivity index (χ0v) is 14.8. The predicted octanol–water partition coefficient (Wildman–Crippen LogP) is 1.05. The third-order valence-corrected chi connectivity index (χ3v) is 3.83. The molecule has 0 aliphatic rings. The van der Waals surface area contributed by atoms with Crippen molar-refractivity contribution >= 4 is 17.8 Å². The zero-order valence-electron chi connectivity index (χ0n) is 14.8. The van der Waals surface area contributed by atoms with E-state index < -0.39 is 17.9 Å². The average molecular weight is 352 g/mol. The molecule has 1 rings (SSSR count). The highest BCUT2D eigenvalue weighted by atomic mass is 16.5. The summed E-state index contributed by atoms with van der Waals surface area (Å²) in [6.45, 7) is 3.43. The maximum atomic E-state index is 12.3. The highest BCUT2D eigenvalue weighted by Gasteiger charge is 2.26. The van der Waals surface area contributed by atoms with Crippen molar-refractivity contribution in [2.75, 3.05) is 20.8 Å². The molecule has 0 aliphatic heterocycles. The zero-order chi connectivity index (χ0) is 19.0. The number of nitrogens with one attached hydrogen (secondary N) is 2. The van der Waals surface area contributed by atoms with Crippen LogP contribution in [0.5, 0.6) is 11.5 Å². The van der Waals surface area contributed by atoms with E-state index in [1.807, 2.05) is 6.92 Å². The van der Waals surface area contributed by atoms with E-state index in [-0.39, 0.29) is 29.7 Å². The Morgan fingerprint density at radius 2 is 1.92 bits per heavy atom. The number of rotatable bonds is 9. The summed E-state index contributed by atoms with van der Waals surface area (Å²) in [7, 11) is 2.90. The van der Waals surface area contributed by atoms with Crippen molar-refractivity contribution in [1.82, 2.24) is 10.6 Å². The third-order valence-electron chi connectivity index (χ3n) is 3.83. The lowest BCUT2D eigenvalue weighted by Gasteiger charge is -2.20. The third kappa shape index (κ3) is 5.66. The van der Waals surface area contributed by atoms with E-state index in [0.29, 0.717) is 12.2 Å². The Morgan fingerprint density at radius 1 is 1.24 bits per heavy atom. The number of benzene rings is 1. The van der Waals surface area contributed by atoms with Gasteiger partial charge in [0, 0.05) is 12.6 Å². The summed E-state index contributed by atoms with van der Waals surface area (Å²) in [6.07, 6.45) is 0.618. The van der Waals surface area contributed by atoms with Gasteiger partial charge in [0.25, 0.3) is 11.8 Å². The van der Waals surface area contributed by atoms with Crippen LogP contribution >= 0.6 is 0 Å². The van der Waals surface area contributed by atoms with Crippen molar-refractivity contribution in [3.63, 3.8) is 0 Å².